The van der Waals surface area contributed by atoms with Crippen LogP contribution in [0.4, 0.5) is 5.69 Å². The van der Waals surface area contributed by atoms with Crippen molar-refractivity contribution < 1.29 is 15.0 Å². The Balaban J connectivity index is 1.80. The molecule has 1 amide bonds. The number of hydrogen-bond donors (Lipinski definition) is 4. The summed E-state index contributed by atoms with van der Waals surface area (Å²) in [4.78, 5) is 20.6. The molecule has 0 saturated heterocycles. The van der Waals surface area contributed by atoms with Gasteiger partial charge in [-0.05, 0) is 12.5 Å². The van der Waals surface area contributed by atoms with Gasteiger partial charge >= 0.3 is 0 Å². The van der Waals surface area contributed by atoms with Gasteiger partial charge in [-0.2, -0.15) is 0 Å². The number of rotatable bonds is 2. The van der Waals surface area contributed by atoms with Crippen LogP contribution in [0.2, 0.25) is 0 Å². The number of carbonyl (C=O) groups excluding carboxylic acids is 1. The van der Waals surface area contributed by atoms with Gasteiger partial charge in [0.05, 0.1) is 29.6 Å². The van der Waals surface area contributed by atoms with Crippen molar-refractivity contribution in [2.75, 3.05) is 12.8 Å². The number of aliphatic hydroxyl groups is 2. The molecule has 4 rings (SSSR count). The van der Waals surface area contributed by atoms with Crippen LogP contribution < -0.4 is 11.1 Å². The Morgan fingerprint density at radius 2 is 2.27 bits per heavy atom. The smallest absolute Gasteiger partial charge is 0.229 e. The van der Waals surface area contributed by atoms with Gasteiger partial charge in [0.25, 0.3) is 0 Å². The normalized spacial score (nSPS) is 36.3. The van der Waals surface area contributed by atoms with E-state index in [2.05, 4.69) is 15.3 Å². The van der Waals surface area contributed by atoms with Gasteiger partial charge in [0.1, 0.15) is 11.6 Å². The molecule has 0 bridgehead atoms. The molecule has 116 valence electrons. The first kappa shape index (κ1) is 13.5. The van der Waals surface area contributed by atoms with Crippen molar-refractivity contribution in [2.45, 2.75) is 24.7 Å². The van der Waals surface area contributed by atoms with Crippen LogP contribution in [-0.4, -0.2) is 49.9 Å². The summed E-state index contributed by atoms with van der Waals surface area (Å²) in [6.07, 6.45) is 1.54. The molecule has 2 aromatic rings. The lowest BCUT2D eigenvalue weighted by molar-refractivity contribution is -0.132. The van der Waals surface area contributed by atoms with E-state index in [4.69, 9.17) is 5.73 Å². The monoisotopic (exact) mass is 303 g/mol. The molecule has 2 saturated carbocycles. The predicted molar refractivity (Wildman–Crippen MR) is 77.6 cm³/mol. The summed E-state index contributed by atoms with van der Waals surface area (Å²) in [6.45, 7) is 0. The zero-order chi connectivity index (χ0) is 15.6. The highest BCUT2D eigenvalue weighted by atomic mass is 16.3. The van der Waals surface area contributed by atoms with Gasteiger partial charge in [-0.1, -0.05) is 0 Å². The first-order valence-electron chi connectivity index (χ1n) is 7.17. The Hall–Kier alpha value is -2.19. The predicted octanol–water partition coefficient (Wildman–Crippen LogP) is -0.958. The number of pyridine rings is 1. The molecule has 8 nitrogen and oxygen atoms in total. The van der Waals surface area contributed by atoms with Crippen molar-refractivity contribution in [3.8, 4) is 0 Å². The van der Waals surface area contributed by atoms with Gasteiger partial charge in [-0.15, -0.1) is 0 Å². The Labute approximate surface area is 126 Å². The van der Waals surface area contributed by atoms with Crippen LogP contribution in [0, 0.1) is 11.3 Å². The van der Waals surface area contributed by atoms with Crippen molar-refractivity contribution >= 4 is 22.8 Å². The quantitative estimate of drug-likeness (QED) is 0.566. The molecule has 0 aliphatic heterocycles. The van der Waals surface area contributed by atoms with Crippen LogP contribution >= 0.6 is 0 Å². The van der Waals surface area contributed by atoms with Gasteiger partial charge in [-0.25, -0.2) is 9.97 Å². The molecule has 5 N–H and O–H groups in total. The number of amides is 1. The van der Waals surface area contributed by atoms with Gasteiger partial charge in [-0.3, -0.25) is 4.79 Å². The van der Waals surface area contributed by atoms with E-state index < -0.39 is 23.7 Å². The first-order valence-corrected chi connectivity index (χ1v) is 7.17. The maximum atomic E-state index is 12.1. The lowest BCUT2D eigenvalue weighted by Crippen LogP contribution is -2.41. The number of aliphatic hydroxyl groups excluding tert-OH is 2. The van der Waals surface area contributed by atoms with Gasteiger partial charge in [0.2, 0.25) is 5.91 Å². The summed E-state index contributed by atoms with van der Waals surface area (Å²) in [5.41, 5.74) is 6.59. The number of imidazole rings is 1. The summed E-state index contributed by atoms with van der Waals surface area (Å²) >= 11 is 0. The maximum Gasteiger partial charge on any atom is 0.229 e. The number of fused-ring (bicyclic) bond motifs is 2. The Morgan fingerprint density at radius 3 is 3.00 bits per heavy atom. The second-order valence-corrected chi connectivity index (χ2v) is 6.08. The first-order chi connectivity index (χ1) is 10.5. The van der Waals surface area contributed by atoms with E-state index in [1.165, 1.54) is 7.05 Å². The SMILES string of the molecule is CNC(=O)[C@@]12C[C@@H]1[C@@H](n1cnc3c(N)ccnc31)[C@@H](O)C2O. The molecule has 2 fully saturated rings. The molecule has 5 atom stereocenters. The third-order valence-corrected chi connectivity index (χ3v) is 5.14. The molecule has 8 heteroatoms. The number of hydrogen-bond acceptors (Lipinski definition) is 6. The average Bonchev–Trinajstić information content (AvgIpc) is 3.04. The van der Waals surface area contributed by atoms with E-state index in [1.54, 1.807) is 23.2 Å². The lowest BCUT2D eigenvalue weighted by Gasteiger charge is -2.23. The molecule has 2 aliphatic carbocycles. The third-order valence-electron chi connectivity index (χ3n) is 5.14. The number of anilines is 1. The van der Waals surface area contributed by atoms with E-state index in [0.717, 1.165) is 0 Å². The standard InChI is InChI=1S/C14H17N5O3/c1-16-13(22)14-4-6(14)9(10(20)11(14)21)19-5-18-8-7(15)2-3-17-12(8)19/h2-3,5-6,9-11,20-21H,4H2,1H3,(H2,15,17)(H,16,22)/t6-,9-,10-,11?,14+/m1/s1. The van der Waals surface area contributed by atoms with Crippen molar-refractivity contribution in [2.24, 2.45) is 11.3 Å². The second kappa shape index (κ2) is 4.17. The topological polar surface area (TPSA) is 126 Å². The Bertz CT molecular complexity index is 775. The van der Waals surface area contributed by atoms with Crippen molar-refractivity contribution in [1.82, 2.24) is 19.9 Å². The minimum Gasteiger partial charge on any atom is -0.397 e. The molecule has 2 aromatic heterocycles. The highest BCUT2D eigenvalue weighted by Gasteiger charge is 2.75. The number of nitrogen functional groups attached to an aromatic ring is 1. The number of nitrogens with zero attached hydrogens (tertiary/aromatic N) is 3. The summed E-state index contributed by atoms with van der Waals surface area (Å²) in [6, 6.07) is 1.22. The minimum absolute atomic E-state index is 0.141. The largest absolute Gasteiger partial charge is 0.397 e. The van der Waals surface area contributed by atoms with E-state index in [-0.39, 0.29) is 11.8 Å². The fourth-order valence-electron chi connectivity index (χ4n) is 3.96. The van der Waals surface area contributed by atoms with Crippen molar-refractivity contribution in [3.63, 3.8) is 0 Å². The molecule has 1 unspecified atom stereocenters. The van der Waals surface area contributed by atoms with Crippen LogP contribution in [0.1, 0.15) is 12.5 Å². The molecule has 0 aromatic carbocycles. The van der Waals surface area contributed by atoms with Crippen LogP contribution in [-0.2, 0) is 4.79 Å². The Kier molecular flexibility index (Phi) is 2.56. The molecule has 22 heavy (non-hydrogen) atoms. The highest BCUT2D eigenvalue weighted by Crippen LogP contribution is 2.67. The molecule has 0 spiro atoms. The lowest BCUT2D eigenvalue weighted by atomic mass is 9.98. The van der Waals surface area contributed by atoms with E-state index in [9.17, 15) is 15.0 Å². The number of carbonyl (C=O) groups is 1. The van der Waals surface area contributed by atoms with E-state index in [0.29, 0.717) is 23.3 Å². The fraction of sp³-hybridized carbons (Fsp3) is 0.500. The zero-order valence-electron chi connectivity index (χ0n) is 12.0. The second-order valence-electron chi connectivity index (χ2n) is 6.08. The summed E-state index contributed by atoms with van der Waals surface area (Å²) in [5, 5.41) is 23.4. The third kappa shape index (κ3) is 1.41. The minimum atomic E-state index is -1.10. The molecular weight excluding hydrogens is 286 g/mol. The molecular formula is C14H17N5O3. The maximum absolute atomic E-state index is 12.1. The number of nitrogens with one attached hydrogen (secondary N) is 1. The van der Waals surface area contributed by atoms with Crippen LogP contribution in [0.25, 0.3) is 11.2 Å². The Morgan fingerprint density at radius 1 is 1.50 bits per heavy atom. The number of aromatic nitrogens is 3. The van der Waals surface area contributed by atoms with Gasteiger partial charge in [0, 0.05) is 19.2 Å². The van der Waals surface area contributed by atoms with Crippen molar-refractivity contribution in [1.29, 1.82) is 0 Å². The van der Waals surface area contributed by atoms with Gasteiger partial charge in [0.15, 0.2) is 5.65 Å². The van der Waals surface area contributed by atoms with E-state index in [1.807, 2.05) is 0 Å². The van der Waals surface area contributed by atoms with E-state index >= 15 is 0 Å². The average molecular weight is 303 g/mol. The molecule has 2 aliphatic rings. The van der Waals surface area contributed by atoms with Crippen molar-refractivity contribution in [3.05, 3.63) is 18.6 Å². The van der Waals surface area contributed by atoms with Gasteiger partial charge < -0.3 is 25.8 Å². The molecule has 0 radical (unpaired) electrons. The summed E-state index contributed by atoms with van der Waals surface area (Å²) in [7, 11) is 1.54. The molecule has 2 heterocycles. The van der Waals surface area contributed by atoms with Crippen LogP contribution in [0.15, 0.2) is 18.6 Å². The highest BCUT2D eigenvalue weighted by molar-refractivity contribution is 5.88. The van der Waals surface area contributed by atoms with Crippen LogP contribution in [0.3, 0.4) is 0 Å². The van der Waals surface area contributed by atoms with Crippen LogP contribution in [0.5, 0.6) is 0 Å². The zero-order valence-corrected chi connectivity index (χ0v) is 12.0. The number of nitrogens with two attached hydrogens (primary N) is 1. The summed E-state index contributed by atoms with van der Waals surface area (Å²) < 4.78 is 1.72. The summed E-state index contributed by atoms with van der Waals surface area (Å²) in [5.74, 6) is -0.374. The fourth-order valence-corrected chi connectivity index (χ4v) is 3.96.